The van der Waals surface area contributed by atoms with Crippen LogP contribution in [-0.4, -0.2) is 44.2 Å². The van der Waals surface area contributed by atoms with Crippen molar-refractivity contribution in [2.24, 2.45) is 0 Å². The number of amides is 1. The Bertz CT molecular complexity index is 891. The molecular weight excluding hydrogens is 376 g/mol. The van der Waals surface area contributed by atoms with Crippen molar-refractivity contribution in [1.82, 2.24) is 4.90 Å². The highest BCUT2D eigenvalue weighted by atomic mass is 35.5. The van der Waals surface area contributed by atoms with Crippen molar-refractivity contribution < 1.29 is 14.3 Å². The second kappa shape index (κ2) is 9.13. The Labute approximate surface area is 170 Å². The molecule has 2 aromatic carbocycles. The number of rotatable bonds is 8. The highest BCUT2D eigenvalue weighted by molar-refractivity contribution is 6.36. The monoisotopic (exact) mass is 400 g/mol. The number of fused-ring (bicyclic) bond motifs is 1. The molecule has 0 bridgehead atoms. The first kappa shape index (κ1) is 20.2. The van der Waals surface area contributed by atoms with Crippen LogP contribution in [0.4, 0.5) is 5.69 Å². The van der Waals surface area contributed by atoms with Gasteiger partial charge in [0.25, 0.3) is 5.91 Å². The number of hydrogen-bond acceptors (Lipinski definition) is 4. The zero-order chi connectivity index (χ0) is 20.1. The third-order valence-electron chi connectivity index (χ3n) is 4.82. The first-order valence-electron chi connectivity index (χ1n) is 9.41. The number of halogens is 1. The van der Waals surface area contributed by atoms with E-state index in [0.717, 1.165) is 36.4 Å². The van der Waals surface area contributed by atoms with Crippen LogP contribution >= 0.6 is 11.6 Å². The van der Waals surface area contributed by atoms with Gasteiger partial charge in [0.15, 0.2) is 11.5 Å². The second-order valence-electron chi connectivity index (χ2n) is 6.49. The molecule has 1 amide bonds. The Morgan fingerprint density at radius 1 is 1.11 bits per heavy atom. The Kier molecular flexibility index (Phi) is 6.60. The molecule has 0 fully saturated rings. The molecule has 0 aliphatic carbocycles. The third kappa shape index (κ3) is 4.49. The molecule has 148 valence electrons. The maximum Gasteiger partial charge on any atom is 0.256 e. The van der Waals surface area contributed by atoms with Gasteiger partial charge in [-0.2, -0.15) is 0 Å². The maximum atomic E-state index is 12.3. The molecule has 1 heterocycles. The molecule has 1 N–H and O–H groups in total. The third-order valence-corrected chi connectivity index (χ3v) is 5.06. The molecule has 5 nitrogen and oxygen atoms in total. The van der Waals surface area contributed by atoms with Crippen LogP contribution < -0.4 is 14.8 Å². The van der Waals surface area contributed by atoms with Crippen LogP contribution in [0.1, 0.15) is 25.0 Å². The van der Waals surface area contributed by atoms with Gasteiger partial charge >= 0.3 is 0 Å². The summed E-state index contributed by atoms with van der Waals surface area (Å²) >= 11 is 6.09. The average molecular weight is 401 g/mol. The summed E-state index contributed by atoms with van der Waals surface area (Å²) in [6, 6.07) is 11.0. The van der Waals surface area contributed by atoms with Crippen LogP contribution in [-0.2, 0) is 4.79 Å². The predicted molar refractivity (Wildman–Crippen MR) is 114 cm³/mol. The van der Waals surface area contributed by atoms with E-state index in [2.05, 4.69) is 24.1 Å². The molecule has 0 saturated carbocycles. The summed E-state index contributed by atoms with van der Waals surface area (Å²) in [4.78, 5) is 14.6. The normalized spacial score (nSPS) is 14.3. The van der Waals surface area contributed by atoms with Crippen LogP contribution in [0, 0.1) is 0 Å². The van der Waals surface area contributed by atoms with Crippen LogP contribution in [0.5, 0.6) is 11.5 Å². The van der Waals surface area contributed by atoms with Gasteiger partial charge in [-0.25, -0.2) is 0 Å². The number of carbonyl (C=O) groups excluding carboxylic acids is 1. The fourth-order valence-corrected chi connectivity index (χ4v) is 3.36. The first-order chi connectivity index (χ1) is 13.5. The number of ether oxygens (including phenoxy) is 2. The summed E-state index contributed by atoms with van der Waals surface area (Å²) in [5.41, 5.74) is 3.00. The van der Waals surface area contributed by atoms with E-state index in [0.29, 0.717) is 28.7 Å². The zero-order valence-corrected chi connectivity index (χ0v) is 17.2. The predicted octanol–water partition coefficient (Wildman–Crippen LogP) is 4.56. The van der Waals surface area contributed by atoms with Gasteiger partial charge < -0.3 is 19.7 Å². The molecule has 0 spiro atoms. The molecule has 2 aromatic rings. The highest BCUT2D eigenvalue weighted by Gasteiger charge is 2.24. The number of carbonyl (C=O) groups is 1. The number of likely N-dealkylation sites (N-methyl/N-ethyl adjacent to an activating group) is 1. The molecule has 1 aliphatic rings. The summed E-state index contributed by atoms with van der Waals surface area (Å²) in [5.74, 6) is 1.19. The van der Waals surface area contributed by atoms with Crippen LogP contribution in [0.2, 0.25) is 5.02 Å². The van der Waals surface area contributed by atoms with E-state index >= 15 is 0 Å². The lowest BCUT2D eigenvalue weighted by Gasteiger charge is -2.18. The standard InChI is InChI=1S/C22H25ClN2O3/c1-4-25(5-2)10-11-28-20-9-6-15(13-21(20)27-3)12-18-17-14-16(23)7-8-19(17)24-22(18)26/h6-9,12-14H,4-5,10-11H2,1-3H3,(H,24,26)/b18-12+. The lowest BCUT2D eigenvalue weighted by molar-refractivity contribution is -0.110. The summed E-state index contributed by atoms with van der Waals surface area (Å²) in [5, 5.41) is 3.45. The molecular formula is C22H25ClN2O3. The molecule has 0 radical (unpaired) electrons. The van der Waals surface area contributed by atoms with E-state index in [4.69, 9.17) is 21.1 Å². The van der Waals surface area contributed by atoms with Crippen molar-refractivity contribution >= 4 is 34.8 Å². The van der Waals surface area contributed by atoms with E-state index in [1.165, 1.54) is 0 Å². The maximum absolute atomic E-state index is 12.3. The minimum Gasteiger partial charge on any atom is -0.493 e. The van der Waals surface area contributed by atoms with E-state index in [9.17, 15) is 4.79 Å². The van der Waals surface area contributed by atoms with Crippen molar-refractivity contribution in [2.75, 3.05) is 38.7 Å². The van der Waals surface area contributed by atoms with Gasteiger partial charge in [-0.1, -0.05) is 31.5 Å². The van der Waals surface area contributed by atoms with Crippen LogP contribution in [0.3, 0.4) is 0 Å². The van der Waals surface area contributed by atoms with E-state index in [1.807, 2.05) is 30.3 Å². The fraction of sp³-hybridized carbons (Fsp3) is 0.318. The van der Waals surface area contributed by atoms with Crippen molar-refractivity contribution in [3.63, 3.8) is 0 Å². The number of nitrogens with one attached hydrogen (secondary N) is 1. The molecule has 1 aliphatic heterocycles. The average Bonchev–Trinajstić information content (AvgIpc) is 3.00. The van der Waals surface area contributed by atoms with Gasteiger partial charge in [0.2, 0.25) is 0 Å². The number of methoxy groups -OCH3 is 1. The molecule has 0 saturated heterocycles. The summed E-state index contributed by atoms with van der Waals surface area (Å²) in [6.45, 7) is 7.72. The summed E-state index contributed by atoms with van der Waals surface area (Å²) < 4.78 is 11.4. The number of benzene rings is 2. The van der Waals surface area contributed by atoms with E-state index < -0.39 is 0 Å². The minimum atomic E-state index is -0.143. The smallest absolute Gasteiger partial charge is 0.256 e. The van der Waals surface area contributed by atoms with Gasteiger partial charge in [0.05, 0.1) is 7.11 Å². The Morgan fingerprint density at radius 3 is 2.61 bits per heavy atom. The van der Waals surface area contributed by atoms with Gasteiger partial charge in [0, 0.05) is 28.4 Å². The van der Waals surface area contributed by atoms with Crippen molar-refractivity contribution in [1.29, 1.82) is 0 Å². The van der Waals surface area contributed by atoms with Crippen LogP contribution in [0.15, 0.2) is 36.4 Å². The lowest BCUT2D eigenvalue weighted by Crippen LogP contribution is -2.27. The van der Waals surface area contributed by atoms with Gasteiger partial charge in [0.1, 0.15) is 6.61 Å². The SMILES string of the molecule is CCN(CC)CCOc1ccc(/C=C2/C(=O)Nc3ccc(Cl)cc32)cc1OC. The highest BCUT2D eigenvalue weighted by Crippen LogP contribution is 2.36. The van der Waals surface area contributed by atoms with Gasteiger partial charge in [-0.05, 0) is 55.1 Å². The number of hydrogen-bond donors (Lipinski definition) is 1. The molecule has 0 atom stereocenters. The van der Waals surface area contributed by atoms with E-state index in [1.54, 1.807) is 19.2 Å². The minimum absolute atomic E-state index is 0.143. The van der Waals surface area contributed by atoms with Gasteiger partial charge in [-0.15, -0.1) is 0 Å². The summed E-state index contributed by atoms with van der Waals surface area (Å²) in [6.07, 6.45) is 1.83. The Balaban J connectivity index is 1.80. The van der Waals surface area contributed by atoms with Crippen LogP contribution in [0.25, 0.3) is 11.6 Å². The molecule has 3 rings (SSSR count). The Morgan fingerprint density at radius 2 is 1.89 bits per heavy atom. The lowest BCUT2D eigenvalue weighted by atomic mass is 10.0. The molecule has 0 aromatic heterocycles. The zero-order valence-electron chi connectivity index (χ0n) is 16.4. The van der Waals surface area contributed by atoms with E-state index in [-0.39, 0.29) is 5.91 Å². The number of anilines is 1. The molecule has 6 heteroatoms. The topological polar surface area (TPSA) is 50.8 Å². The molecule has 28 heavy (non-hydrogen) atoms. The number of nitrogens with zero attached hydrogens (tertiary/aromatic N) is 1. The second-order valence-corrected chi connectivity index (χ2v) is 6.92. The quantitative estimate of drug-likeness (QED) is 0.660. The first-order valence-corrected chi connectivity index (χ1v) is 9.79. The van der Waals surface area contributed by atoms with Crippen molar-refractivity contribution in [2.45, 2.75) is 13.8 Å². The van der Waals surface area contributed by atoms with Gasteiger partial charge in [-0.3, -0.25) is 4.79 Å². The van der Waals surface area contributed by atoms with Crippen molar-refractivity contribution in [3.05, 3.63) is 52.5 Å². The molecule has 0 unspecified atom stereocenters. The fourth-order valence-electron chi connectivity index (χ4n) is 3.19. The largest absolute Gasteiger partial charge is 0.493 e. The Hall–Kier alpha value is -2.50. The summed E-state index contributed by atoms with van der Waals surface area (Å²) in [7, 11) is 1.61. The van der Waals surface area contributed by atoms with Crippen molar-refractivity contribution in [3.8, 4) is 11.5 Å².